The standard InChI is InChI=1S/C10H19N3O3/c1-5-7(6-2)8(14)12-10(15)16-9(11)13(3)4/h7,11H,5-6H2,1-4H3,(H,12,14,15). The number of rotatable bonds is 3. The SMILES string of the molecule is CCC(CC)C(=O)NC(=O)OC(=N)N(C)C. The van der Waals surface area contributed by atoms with E-state index >= 15 is 0 Å². The molecule has 0 atom stereocenters. The fourth-order valence-electron chi connectivity index (χ4n) is 1.07. The fourth-order valence-corrected chi connectivity index (χ4v) is 1.07. The molecule has 0 aromatic rings. The molecule has 2 N–H and O–H groups in total. The van der Waals surface area contributed by atoms with E-state index in [1.165, 1.54) is 4.90 Å². The average Bonchev–Trinajstić information content (AvgIpc) is 2.18. The van der Waals surface area contributed by atoms with Crippen LogP contribution in [0.1, 0.15) is 26.7 Å². The molecule has 0 spiro atoms. The van der Waals surface area contributed by atoms with Gasteiger partial charge in [-0.15, -0.1) is 0 Å². The molecule has 0 saturated carbocycles. The second kappa shape index (κ2) is 6.81. The molecule has 0 rings (SSSR count). The quantitative estimate of drug-likeness (QED) is 0.562. The largest absolute Gasteiger partial charge is 0.421 e. The van der Waals surface area contributed by atoms with Gasteiger partial charge in [0.15, 0.2) is 0 Å². The Balaban J connectivity index is 4.15. The lowest BCUT2D eigenvalue weighted by atomic mass is 10.0. The van der Waals surface area contributed by atoms with Crippen molar-refractivity contribution in [3.05, 3.63) is 0 Å². The van der Waals surface area contributed by atoms with E-state index in [9.17, 15) is 9.59 Å². The third-order valence-corrected chi connectivity index (χ3v) is 2.18. The van der Waals surface area contributed by atoms with Crippen LogP contribution in [0, 0.1) is 11.3 Å². The predicted molar refractivity (Wildman–Crippen MR) is 60.1 cm³/mol. The van der Waals surface area contributed by atoms with Crippen LogP contribution in [0.2, 0.25) is 0 Å². The minimum atomic E-state index is -0.907. The van der Waals surface area contributed by atoms with Crippen molar-refractivity contribution in [2.24, 2.45) is 5.92 Å². The molecule has 0 saturated heterocycles. The molecule has 0 heterocycles. The molecule has 0 aliphatic heterocycles. The Labute approximate surface area is 95.5 Å². The number of hydrogen-bond donors (Lipinski definition) is 2. The second-order valence-electron chi connectivity index (χ2n) is 3.59. The zero-order chi connectivity index (χ0) is 12.7. The van der Waals surface area contributed by atoms with Gasteiger partial charge in [-0.2, -0.15) is 0 Å². The van der Waals surface area contributed by atoms with Crippen LogP contribution in [-0.2, 0) is 9.53 Å². The van der Waals surface area contributed by atoms with Crippen molar-refractivity contribution in [3.8, 4) is 0 Å². The summed E-state index contributed by atoms with van der Waals surface area (Å²) in [6, 6.07) is -0.310. The van der Waals surface area contributed by atoms with Gasteiger partial charge in [-0.3, -0.25) is 15.5 Å². The molecule has 0 aliphatic carbocycles. The number of amides is 2. The number of nitrogens with zero attached hydrogens (tertiary/aromatic N) is 1. The third-order valence-electron chi connectivity index (χ3n) is 2.18. The first-order valence-corrected chi connectivity index (χ1v) is 5.20. The van der Waals surface area contributed by atoms with Crippen molar-refractivity contribution < 1.29 is 14.3 Å². The van der Waals surface area contributed by atoms with Crippen molar-refractivity contribution in [2.75, 3.05) is 14.1 Å². The van der Waals surface area contributed by atoms with Crippen molar-refractivity contribution >= 4 is 18.0 Å². The first-order valence-electron chi connectivity index (χ1n) is 5.20. The van der Waals surface area contributed by atoms with Gasteiger partial charge in [0.05, 0.1) is 0 Å². The molecule has 0 unspecified atom stereocenters. The Morgan fingerprint density at radius 1 is 1.31 bits per heavy atom. The van der Waals surface area contributed by atoms with E-state index in [0.717, 1.165) is 0 Å². The molecule has 6 heteroatoms. The van der Waals surface area contributed by atoms with Crippen LogP contribution in [0.5, 0.6) is 0 Å². The highest BCUT2D eigenvalue weighted by Crippen LogP contribution is 2.06. The first-order chi connectivity index (χ1) is 7.42. The molecular formula is C10H19N3O3. The number of carbonyl (C=O) groups is 2. The van der Waals surface area contributed by atoms with Gasteiger partial charge in [-0.25, -0.2) is 4.79 Å². The highest BCUT2D eigenvalue weighted by Gasteiger charge is 2.18. The van der Waals surface area contributed by atoms with Gasteiger partial charge in [0.2, 0.25) is 5.91 Å². The summed E-state index contributed by atoms with van der Waals surface area (Å²) in [6.45, 7) is 3.75. The van der Waals surface area contributed by atoms with E-state index in [2.05, 4.69) is 10.1 Å². The summed E-state index contributed by atoms with van der Waals surface area (Å²) in [4.78, 5) is 24.0. The molecule has 0 aliphatic rings. The fraction of sp³-hybridized carbons (Fsp3) is 0.700. The monoisotopic (exact) mass is 229 g/mol. The average molecular weight is 229 g/mol. The van der Waals surface area contributed by atoms with E-state index in [4.69, 9.17) is 5.41 Å². The molecule has 16 heavy (non-hydrogen) atoms. The summed E-state index contributed by atoms with van der Waals surface area (Å²) in [7, 11) is 3.14. The van der Waals surface area contributed by atoms with Crippen molar-refractivity contribution in [1.82, 2.24) is 10.2 Å². The number of amidine groups is 1. The lowest BCUT2D eigenvalue weighted by Crippen LogP contribution is -2.38. The summed E-state index contributed by atoms with van der Waals surface area (Å²) >= 11 is 0. The Bertz CT molecular complexity index is 272. The Morgan fingerprint density at radius 2 is 1.81 bits per heavy atom. The maximum absolute atomic E-state index is 11.5. The summed E-state index contributed by atoms with van der Waals surface area (Å²) in [5.74, 6) is -0.553. The zero-order valence-electron chi connectivity index (χ0n) is 10.2. The number of alkyl carbamates (subject to hydrolysis) is 1. The van der Waals surface area contributed by atoms with E-state index in [-0.39, 0.29) is 17.8 Å². The lowest BCUT2D eigenvalue weighted by molar-refractivity contribution is -0.124. The molecule has 0 bridgehead atoms. The number of imide groups is 1. The molecular weight excluding hydrogens is 210 g/mol. The summed E-state index contributed by atoms with van der Waals surface area (Å²) in [5, 5.41) is 9.35. The van der Waals surface area contributed by atoms with E-state index in [1.807, 2.05) is 13.8 Å². The van der Waals surface area contributed by atoms with E-state index < -0.39 is 6.09 Å². The van der Waals surface area contributed by atoms with Crippen molar-refractivity contribution in [2.45, 2.75) is 26.7 Å². The number of carbonyl (C=O) groups excluding carboxylic acids is 2. The van der Waals surface area contributed by atoms with Crippen LogP contribution in [0.4, 0.5) is 4.79 Å². The van der Waals surface area contributed by atoms with E-state index in [0.29, 0.717) is 12.8 Å². The van der Waals surface area contributed by atoms with Gasteiger partial charge in [0.25, 0.3) is 6.02 Å². The molecule has 0 radical (unpaired) electrons. The molecule has 0 aromatic carbocycles. The minimum Gasteiger partial charge on any atom is -0.376 e. The topological polar surface area (TPSA) is 82.5 Å². The Kier molecular flexibility index (Phi) is 6.14. The number of hydrogen-bond acceptors (Lipinski definition) is 4. The number of nitrogens with one attached hydrogen (secondary N) is 2. The Morgan fingerprint density at radius 3 is 2.19 bits per heavy atom. The molecule has 2 amide bonds. The summed E-state index contributed by atoms with van der Waals surface area (Å²) in [6.07, 6.45) is 0.428. The maximum Gasteiger partial charge on any atom is 0.421 e. The van der Waals surface area contributed by atoms with Gasteiger partial charge in [-0.1, -0.05) is 13.8 Å². The summed E-state index contributed by atoms with van der Waals surface area (Å²) in [5.41, 5.74) is 0. The first kappa shape index (κ1) is 14.4. The van der Waals surface area contributed by atoms with Crippen LogP contribution >= 0.6 is 0 Å². The van der Waals surface area contributed by atoms with Crippen molar-refractivity contribution in [1.29, 1.82) is 5.41 Å². The lowest BCUT2D eigenvalue weighted by Gasteiger charge is -2.14. The van der Waals surface area contributed by atoms with Gasteiger partial charge in [0.1, 0.15) is 0 Å². The summed E-state index contributed by atoms with van der Waals surface area (Å²) < 4.78 is 4.56. The molecule has 92 valence electrons. The second-order valence-corrected chi connectivity index (χ2v) is 3.59. The molecule has 6 nitrogen and oxygen atoms in total. The smallest absolute Gasteiger partial charge is 0.376 e. The van der Waals surface area contributed by atoms with Gasteiger partial charge >= 0.3 is 6.09 Å². The maximum atomic E-state index is 11.5. The normalized spacial score (nSPS) is 9.81. The van der Waals surface area contributed by atoms with E-state index in [1.54, 1.807) is 14.1 Å². The highest BCUT2D eigenvalue weighted by molar-refractivity contribution is 5.96. The van der Waals surface area contributed by atoms with Crippen molar-refractivity contribution in [3.63, 3.8) is 0 Å². The predicted octanol–water partition coefficient (Wildman–Crippen LogP) is 1.17. The highest BCUT2D eigenvalue weighted by atomic mass is 16.6. The van der Waals surface area contributed by atoms with Crippen LogP contribution in [0.15, 0.2) is 0 Å². The van der Waals surface area contributed by atoms with Crippen LogP contribution < -0.4 is 5.32 Å². The van der Waals surface area contributed by atoms with Crippen LogP contribution in [-0.4, -0.2) is 37.0 Å². The number of ether oxygens (including phenoxy) is 1. The van der Waals surface area contributed by atoms with Crippen LogP contribution in [0.25, 0.3) is 0 Å². The van der Waals surface area contributed by atoms with Crippen LogP contribution in [0.3, 0.4) is 0 Å². The zero-order valence-corrected chi connectivity index (χ0v) is 10.2. The third kappa shape index (κ3) is 4.77. The molecule has 0 aromatic heterocycles. The Hall–Kier alpha value is -1.59. The van der Waals surface area contributed by atoms with Gasteiger partial charge in [0, 0.05) is 20.0 Å². The van der Waals surface area contributed by atoms with Gasteiger partial charge < -0.3 is 9.64 Å². The van der Waals surface area contributed by atoms with Gasteiger partial charge in [-0.05, 0) is 12.8 Å². The minimum absolute atomic E-state index is 0.193. The molecule has 0 fully saturated rings.